The van der Waals surface area contributed by atoms with E-state index in [-0.39, 0.29) is 40.2 Å². The summed E-state index contributed by atoms with van der Waals surface area (Å²) < 4.78 is 45.7. The van der Waals surface area contributed by atoms with E-state index in [9.17, 15) is 5.11 Å². The summed E-state index contributed by atoms with van der Waals surface area (Å²) in [5.74, 6) is 0.305. The highest BCUT2D eigenvalue weighted by Crippen LogP contribution is 2.45. The van der Waals surface area contributed by atoms with Crippen molar-refractivity contribution in [2.45, 2.75) is 92.4 Å². The summed E-state index contributed by atoms with van der Waals surface area (Å²) in [5.41, 5.74) is 11.2. The molecule has 0 bridgehead atoms. The molecule has 0 atom stereocenters. The van der Waals surface area contributed by atoms with Crippen LogP contribution >= 0.6 is 0 Å². The average Bonchev–Trinajstić information content (AvgIpc) is 3.54. The lowest BCUT2D eigenvalue weighted by Gasteiger charge is -2.27. The molecule has 2 heterocycles. The molecular formula is C50H53N3O. The minimum absolute atomic E-state index is 0.0307. The number of hydrogen-bond acceptors (Lipinski definition) is 3. The highest BCUT2D eigenvalue weighted by atomic mass is 16.3. The summed E-state index contributed by atoms with van der Waals surface area (Å²) in [4.78, 5) is 10.4. The monoisotopic (exact) mass is 716 g/mol. The first-order valence-electron chi connectivity index (χ1n) is 21.2. The molecule has 7 aromatic rings. The number of aromatic hydroxyl groups is 1. The lowest BCUT2D eigenvalue weighted by atomic mass is 9.79. The smallest absolute Gasteiger partial charge is 0.149 e. The van der Waals surface area contributed by atoms with Crippen LogP contribution in [-0.4, -0.2) is 19.6 Å². The molecule has 0 amide bonds. The Kier molecular flexibility index (Phi) is 7.69. The normalized spacial score (nSPS) is 13.7. The van der Waals surface area contributed by atoms with Gasteiger partial charge in [-0.3, -0.25) is 9.55 Å². The van der Waals surface area contributed by atoms with Crippen LogP contribution in [0.4, 0.5) is 0 Å². The van der Waals surface area contributed by atoms with Crippen molar-refractivity contribution in [2.75, 3.05) is 0 Å². The van der Waals surface area contributed by atoms with Gasteiger partial charge in [0.2, 0.25) is 0 Å². The minimum Gasteiger partial charge on any atom is -0.507 e. The van der Waals surface area contributed by atoms with Crippen molar-refractivity contribution in [3.8, 4) is 56.3 Å². The predicted octanol–water partition coefficient (Wildman–Crippen LogP) is 13.3. The predicted molar refractivity (Wildman–Crippen MR) is 228 cm³/mol. The summed E-state index contributed by atoms with van der Waals surface area (Å²) in [6.45, 7) is 23.2. The van der Waals surface area contributed by atoms with Gasteiger partial charge >= 0.3 is 0 Å². The zero-order valence-electron chi connectivity index (χ0n) is 38.4. The maximum Gasteiger partial charge on any atom is 0.149 e. The SMILES string of the molecule is [2H]c1c([2H])c([2H])c(-n2c(-c3cc(C(C)(C)C)cc(C(C)(C)C)c3O)nc3c(-c4cc(-c5ncc(C)c(-c6ccccc6)c5C)cc(C(C)(C)C)c4)cccc32)c([2H])c1[2H]. The third-order valence-corrected chi connectivity index (χ3v) is 10.4. The van der Waals surface area contributed by atoms with Crippen molar-refractivity contribution in [3.63, 3.8) is 0 Å². The zero-order chi connectivity index (χ0) is 43.1. The number of rotatable bonds is 5. The summed E-state index contributed by atoms with van der Waals surface area (Å²) in [5, 5.41) is 12.2. The maximum atomic E-state index is 12.2. The van der Waals surface area contributed by atoms with Gasteiger partial charge in [-0.05, 0) is 105 Å². The van der Waals surface area contributed by atoms with Crippen LogP contribution in [0.3, 0.4) is 0 Å². The Labute approximate surface area is 328 Å². The molecule has 0 spiro atoms. The van der Waals surface area contributed by atoms with Gasteiger partial charge in [-0.2, -0.15) is 0 Å². The third-order valence-electron chi connectivity index (χ3n) is 10.4. The Bertz CT molecular complexity index is 2770. The molecule has 7 rings (SSSR count). The van der Waals surface area contributed by atoms with Gasteiger partial charge in [0.05, 0.1) is 29.1 Å². The van der Waals surface area contributed by atoms with Crippen molar-refractivity contribution in [3.05, 3.63) is 143 Å². The average molecular weight is 717 g/mol. The van der Waals surface area contributed by atoms with E-state index in [1.54, 1.807) is 4.57 Å². The standard InChI is InChI=1S/C50H53N3O/c1-31-30-51-44(32(2)43(31)33-19-14-12-15-20-33)35-25-34(26-36(27-35)48(3,4)5)39-23-18-24-42-45(39)52-47(53(42)38-21-16-13-17-22-38)40-28-37(49(6,7)8)29-41(46(40)54)50(9,10)11/h12-30,54H,1-11H3/i13D,16D,17D,21D,22D. The van der Waals surface area contributed by atoms with Gasteiger partial charge in [0, 0.05) is 28.6 Å². The molecule has 5 aromatic carbocycles. The van der Waals surface area contributed by atoms with Crippen LogP contribution in [-0.2, 0) is 16.2 Å². The van der Waals surface area contributed by atoms with E-state index < -0.39 is 23.5 Å². The number of pyridine rings is 1. The summed E-state index contributed by atoms with van der Waals surface area (Å²) in [7, 11) is 0. The van der Waals surface area contributed by atoms with Gasteiger partial charge in [0.1, 0.15) is 11.6 Å². The first kappa shape index (κ1) is 30.9. The number of hydrogen-bond donors (Lipinski definition) is 1. The van der Waals surface area contributed by atoms with Crippen molar-refractivity contribution in [1.29, 1.82) is 0 Å². The fourth-order valence-electron chi connectivity index (χ4n) is 7.33. The molecule has 0 aliphatic heterocycles. The largest absolute Gasteiger partial charge is 0.507 e. The molecule has 4 heteroatoms. The van der Waals surface area contributed by atoms with Gasteiger partial charge in [-0.25, -0.2) is 4.98 Å². The zero-order valence-corrected chi connectivity index (χ0v) is 33.4. The van der Waals surface area contributed by atoms with Gasteiger partial charge in [-0.1, -0.05) is 135 Å². The Hall–Kier alpha value is -5.48. The number of para-hydroxylation sites is 2. The van der Waals surface area contributed by atoms with Crippen LogP contribution in [0.2, 0.25) is 0 Å². The summed E-state index contributed by atoms with van der Waals surface area (Å²) >= 11 is 0. The Morgan fingerprint density at radius 3 is 1.94 bits per heavy atom. The van der Waals surface area contributed by atoms with E-state index in [0.717, 1.165) is 61.3 Å². The van der Waals surface area contributed by atoms with Gasteiger partial charge in [0.15, 0.2) is 0 Å². The first-order valence-corrected chi connectivity index (χ1v) is 18.7. The second-order valence-electron chi connectivity index (χ2n) is 17.5. The summed E-state index contributed by atoms with van der Waals surface area (Å²) in [6, 6.07) is 24.5. The fraction of sp³-hybridized carbons (Fsp3) is 0.280. The number of phenolic OH excluding ortho intramolecular Hbond substituents is 1. The molecule has 0 saturated heterocycles. The van der Waals surface area contributed by atoms with Crippen molar-refractivity contribution in [1.82, 2.24) is 14.5 Å². The molecule has 2 aromatic heterocycles. The Balaban J connectivity index is 1.60. The van der Waals surface area contributed by atoms with Gasteiger partial charge < -0.3 is 5.11 Å². The number of phenols is 1. The topological polar surface area (TPSA) is 50.9 Å². The summed E-state index contributed by atoms with van der Waals surface area (Å²) in [6.07, 6.45) is 1.94. The van der Waals surface area contributed by atoms with Crippen molar-refractivity contribution in [2.24, 2.45) is 0 Å². The second kappa shape index (κ2) is 13.4. The molecule has 0 unspecified atom stereocenters. The quantitative estimate of drug-likeness (QED) is 0.193. The van der Waals surface area contributed by atoms with Gasteiger partial charge in [-0.15, -0.1) is 0 Å². The molecule has 1 N–H and O–H groups in total. The lowest BCUT2D eigenvalue weighted by molar-refractivity contribution is 0.446. The molecular weight excluding hydrogens is 659 g/mol. The van der Waals surface area contributed by atoms with Crippen LogP contribution in [0.1, 0.15) is 97.0 Å². The number of benzene rings is 5. The van der Waals surface area contributed by atoms with Crippen molar-refractivity contribution < 1.29 is 12.0 Å². The number of nitrogens with zero attached hydrogens (tertiary/aromatic N) is 3. The number of fused-ring (bicyclic) bond motifs is 1. The molecule has 4 nitrogen and oxygen atoms in total. The van der Waals surface area contributed by atoms with Crippen molar-refractivity contribution >= 4 is 11.0 Å². The Morgan fingerprint density at radius 1 is 0.648 bits per heavy atom. The van der Waals surface area contributed by atoms with E-state index in [0.29, 0.717) is 16.6 Å². The lowest BCUT2D eigenvalue weighted by Crippen LogP contribution is -2.17. The molecule has 0 radical (unpaired) electrons. The van der Waals surface area contributed by atoms with Crippen LogP contribution in [0.25, 0.3) is 61.6 Å². The van der Waals surface area contributed by atoms with E-state index in [1.807, 2.05) is 75.5 Å². The highest BCUT2D eigenvalue weighted by Gasteiger charge is 2.29. The second-order valence-corrected chi connectivity index (χ2v) is 17.5. The molecule has 54 heavy (non-hydrogen) atoms. The maximum absolute atomic E-state index is 12.2. The Morgan fingerprint density at radius 2 is 1.30 bits per heavy atom. The number of imidazole rings is 1. The van der Waals surface area contributed by atoms with Crippen LogP contribution in [0.15, 0.2) is 115 Å². The third kappa shape index (κ3) is 6.75. The van der Waals surface area contributed by atoms with Crippen LogP contribution in [0, 0.1) is 13.8 Å². The first-order chi connectivity index (χ1) is 27.5. The molecule has 274 valence electrons. The highest BCUT2D eigenvalue weighted by molar-refractivity contribution is 5.97. The molecule has 0 saturated carbocycles. The van der Waals surface area contributed by atoms with E-state index in [2.05, 4.69) is 85.7 Å². The fourth-order valence-corrected chi connectivity index (χ4v) is 7.33. The molecule has 0 fully saturated rings. The minimum atomic E-state index is -0.482. The number of aromatic nitrogens is 3. The molecule has 0 aliphatic carbocycles. The molecule has 0 aliphatic rings. The number of aryl methyl sites for hydroxylation is 1. The van der Waals surface area contributed by atoms with E-state index in [4.69, 9.17) is 16.8 Å². The van der Waals surface area contributed by atoms with Crippen LogP contribution in [0.5, 0.6) is 5.75 Å². The van der Waals surface area contributed by atoms with Crippen LogP contribution < -0.4 is 0 Å². The van der Waals surface area contributed by atoms with E-state index >= 15 is 0 Å². The van der Waals surface area contributed by atoms with E-state index in [1.165, 1.54) is 0 Å². The van der Waals surface area contributed by atoms with Gasteiger partial charge in [0.25, 0.3) is 0 Å².